The minimum atomic E-state index is -0.340. The van der Waals surface area contributed by atoms with Crippen molar-refractivity contribution in [3.05, 3.63) is 64.7 Å². The van der Waals surface area contributed by atoms with E-state index in [0.29, 0.717) is 31.8 Å². The van der Waals surface area contributed by atoms with Gasteiger partial charge in [-0.3, -0.25) is 14.6 Å². The summed E-state index contributed by atoms with van der Waals surface area (Å²) in [5, 5.41) is 0.778. The van der Waals surface area contributed by atoms with Gasteiger partial charge in [0.05, 0.1) is 6.54 Å². The number of benzene rings is 2. The number of nitrogens with zero attached hydrogens (tertiary/aromatic N) is 3. The molecule has 2 saturated heterocycles. The molecule has 0 saturated carbocycles. The van der Waals surface area contributed by atoms with Gasteiger partial charge in [0, 0.05) is 48.5 Å². The molecule has 2 aromatic rings. The predicted octanol–water partition coefficient (Wildman–Crippen LogP) is 3.82. The first-order chi connectivity index (χ1) is 14.0. The summed E-state index contributed by atoms with van der Waals surface area (Å²) in [5.41, 5.74) is 2.50. The Morgan fingerprint density at radius 3 is 2.31 bits per heavy atom. The number of hydrogen-bond donors (Lipinski definition) is 0. The molecule has 4 rings (SSSR count). The summed E-state index contributed by atoms with van der Waals surface area (Å²) in [5.74, 6) is 0.0191. The summed E-state index contributed by atoms with van der Waals surface area (Å²) in [7, 11) is 0. The minimum Gasteiger partial charge on any atom is -0.447 e. The molecule has 2 fully saturated rings. The second-order valence-corrected chi connectivity index (χ2v) is 7.75. The molecule has 2 aliphatic rings. The fourth-order valence-corrected chi connectivity index (χ4v) is 4.21. The van der Waals surface area contributed by atoms with Crippen molar-refractivity contribution >= 4 is 29.3 Å². The number of amides is 2. The van der Waals surface area contributed by atoms with Crippen LogP contribution in [0.3, 0.4) is 0 Å². The molecule has 2 heterocycles. The molecule has 152 valence electrons. The maximum absolute atomic E-state index is 12.9. The zero-order valence-corrected chi connectivity index (χ0v) is 17.1. The molecule has 6 nitrogen and oxygen atoms in total. The third-order valence-corrected chi connectivity index (χ3v) is 6.04. The lowest BCUT2D eigenvalue weighted by atomic mass is 10.1. The summed E-state index contributed by atoms with van der Waals surface area (Å²) < 4.78 is 4.96. The number of carbonyl (C=O) groups excluding carboxylic acids is 2. The Balaban J connectivity index is 1.36. The van der Waals surface area contributed by atoms with Gasteiger partial charge in [-0.25, -0.2) is 4.79 Å². The van der Waals surface area contributed by atoms with Crippen LogP contribution in [0.2, 0.25) is 5.02 Å². The number of carbonyl (C=O) groups is 2. The van der Waals surface area contributed by atoms with Crippen molar-refractivity contribution in [1.29, 1.82) is 0 Å². The fraction of sp³-hybridized carbons (Fsp3) is 0.364. The highest BCUT2D eigenvalue weighted by molar-refractivity contribution is 6.31. The molecular weight excluding hydrogens is 390 g/mol. The van der Waals surface area contributed by atoms with Crippen LogP contribution >= 0.6 is 11.6 Å². The maximum atomic E-state index is 12.9. The molecule has 0 spiro atoms. The molecule has 29 heavy (non-hydrogen) atoms. The molecule has 1 atom stereocenters. The second kappa shape index (κ2) is 8.43. The van der Waals surface area contributed by atoms with Crippen LogP contribution in [-0.4, -0.2) is 61.1 Å². The van der Waals surface area contributed by atoms with Crippen molar-refractivity contribution in [3.8, 4) is 0 Å². The molecule has 2 aromatic carbocycles. The summed E-state index contributed by atoms with van der Waals surface area (Å²) in [6.45, 7) is 6.04. The van der Waals surface area contributed by atoms with Crippen molar-refractivity contribution in [2.75, 3.05) is 44.2 Å². The summed E-state index contributed by atoms with van der Waals surface area (Å²) in [4.78, 5) is 30.4. The first kappa shape index (κ1) is 19.7. The van der Waals surface area contributed by atoms with Gasteiger partial charge in [0.15, 0.2) is 0 Å². The highest BCUT2D eigenvalue weighted by Crippen LogP contribution is 2.28. The Labute approximate surface area is 175 Å². The van der Waals surface area contributed by atoms with Gasteiger partial charge < -0.3 is 9.64 Å². The topological polar surface area (TPSA) is 53.1 Å². The van der Waals surface area contributed by atoms with Crippen molar-refractivity contribution < 1.29 is 14.3 Å². The lowest BCUT2D eigenvalue weighted by Gasteiger charge is -2.38. The molecule has 0 radical (unpaired) electrons. The van der Waals surface area contributed by atoms with Gasteiger partial charge in [-0.15, -0.1) is 0 Å². The quantitative estimate of drug-likeness (QED) is 0.764. The van der Waals surface area contributed by atoms with E-state index in [1.807, 2.05) is 23.1 Å². The smallest absolute Gasteiger partial charge is 0.414 e. The molecule has 7 heteroatoms. The van der Waals surface area contributed by atoms with E-state index in [-0.39, 0.29) is 18.0 Å². The van der Waals surface area contributed by atoms with Gasteiger partial charge in [-0.2, -0.15) is 0 Å². The largest absolute Gasteiger partial charge is 0.447 e. The number of hydrogen-bond acceptors (Lipinski definition) is 4. The zero-order chi connectivity index (χ0) is 20.4. The molecule has 0 N–H and O–H groups in total. The molecule has 0 aliphatic carbocycles. The normalized spacial score (nSPS) is 18.6. The van der Waals surface area contributed by atoms with Crippen LogP contribution < -0.4 is 4.90 Å². The van der Waals surface area contributed by atoms with E-state index >= 15 is 0 Å². The average Bonchev–Trinajstić information content (AvgIpc) is 3.19. The van der Waals surface area contributed by atoms with Crippen molar-refractivity contribution in [2.24, 2.45) is 0 Å². The standard InChI is InChI=1S/C22H24ClN3O3/c1-16(19-4-2-3-5-20(19)23)24-10-12-25(13-11-24)21(27)17-6-8-18(9-7-17)26-14-15-29-22(26)28/h2-9,16H,10-15H2,1H3. The van der Waals surface area contributed by atoms with Gasteiger partial charge in [0.25, 0.3) is 5.91 Å². The Kier molecular flexibility index (Phi) is 5.74. The molecule has 2 amide bonds. The van der Waals surface area contributed by atoms with Crippen LogP contribution in [0.25, 0.3) is 0 Å². The fourth-order valence-electron chi connectivity index (χ4n) is 3.92. The number of ether oxygens (including phenoxy) is 1. The van der Waals surface area contributed by atoms with Gasteiger partial charge >= 0.3 is 6.09 Å². The highest BCUT2D eigenvalue weighted by atomic mass is 35.5. The molecule has 0 bridgehead atoms. The van der Waals surface area contributed by atoms with Gasteiger partial charge in [-0.1, -0.05) is 29.8 Å². The predicted molar refractivity (Wildman–Crippen MR) is 112 cm³/mol. The van der Waals surface area contributed by atoms with E-state index in [1.165, 1.54) is 0 Å². The number of halogens is 1. The SMILES string of the molecule is CC(c1ccccc1Cl)N1CCN(C(=O)c2ccc(N3CCOC3=O)cc2)CC1. The Bertz CT molecular complexity index is 894. The lowest BCUT2D eigenvalue weighted by molar-refractivity contribution is 0.0582. The summed E-state index contributed by atoms with van der Waals surface area (Å²) >= 11 is 6.34. The van der Waals surface area contributed by atoms with Crippen molar-refractivity contribution in [2.45, 2.75) is 13.0 Å². The second-order valence-electron chi connectivity index (χ2n) is 7.34. The van der Waals surface area contributed by atoms with E-state index in [1.54, 1.807) is 29.2 Å². The minimum absolute atomic E-state index is 0.0191. The highest BCUT2D eigenvalue weighted by Gasteiger charge is 2.27. The molecule has 2 aliphatic heterocycles. The van der Waals surface area contributed by atoms with Crippen LogP contribution in [-0.2, 0) is 4.74 Å². The van der Waals surface area contributed by atoms with Crippen molar-refractivity contribution in [1.82, 2.24) is 9.80 Å². The summed E-state index contributed by atoms with van der Waals surface area (Å²) in [6, 6.07) is 15.3. The lowest BCUT2D eigenvalue weighted by Crippen LogP contribution is -2.49. The van der Waals surface area contributed by atoms with Gasteiger partial charge in [0.1, 0.15) is 6.61 Å². The number of cyclic esters (lactones) is 1. The monoisotopic (exact) mass is 413 g/mol. The Morgan fingerprint density at radius 2 is 1.69 bits per heavy atom. The van der Waals surface area contributed by atoms with Crippen LogP contribution in [0.4, 0.5) is 10.5 Å². The average molecular weight is 414 g/mol. The van der Waals surface area contributed by atoms with Crippen LogP contribution in [0.1, 0.15) is 28.9 Å². The van der Waals surface area contributed by atoms with Gasteiger partial charge in [0.2, 0.25) is 0 Å². The Hall–Kier alpha value is -2.57. The number of piperazine rings is 1. The third-order valence-electron chi connectivity index (χ3n) is 5.69. The van der Waals surface area contributed by atoms with Crippen LogP contribution in [0, 0.1) is 0 Å². The van der Waals surface area contributed by atoms with Gasteiger partial charge in [-0.05, 0) is 42.8 Å². The molecule has 1 unspecified atom stereocenters. The van der Waals surface area contributed by atoms with Crippen LogP contribution in [0.15, 0.2) is 48.5 Å². The first-order valence-electron chi connectivity index (χ1n) is 9.86. The van der Waals surface area contributed by atoms with E-state index in [9.17, 15) is 9.59 Å². The number of anilines is 1. The maximum Gasteiger partial charge on any atom is 0.414 e. The van der Waals surface area contributed by atoms with Crippen molar-refractivity contribution in [3.63, 3.8) is 0 Å². The molecule has 0 aromatic heterocycles. The van der Waals surface area contributed by atoms with Crippen LogP contribution in [0.5, 0.6) is 0 Å². The molecular formula is C22H24ClN3O3. The van der Waals surface area contributed by atoms with E-state index in [2.05, 4.69) is 17.9 Å². The first-order valence-corrected chi connectivity index (χ1v) is 10.2. The Morgan fingerprint density at radius 1 is 1.00 bits per heavy atom. The third kappa shape index (κ3) is 4.09. The summed E-state index contributed by atoms with van der Waals surface area (Å²) in [6.07, 6.45) is -0.340. The number of rotatable bonds is 4. The van der Waals surface area contributed by atoms with E-state index in [0.717, 1.165) is 29.4 Å². The zero-order valence-electron chi connectivity index (χ0n) is 16.4. The van der Waals surface area contributed by atoms with E-state index in [4.69, 9.17) is 16.3 Å². The van der Waals surface area contributed by atoms with E-state index < -0.39 is 0 Å².